The van der Waals surface area contributed by atoms with Crippen molar-refractivity contribution in [2.24, 2.45) is 0 Å². The third-order valence-electron chi connectivity index (χ3n) is 2.63. The number of aromatic nitrogens is 1. The Morgan fingerprint density at radius 3 is 2.70 bits per heavy atom. The molecule has 1 atom stereocenters. The maximum atomic E-state index is 12.0. The molecule has 1 unspecified atom stereocenters. The van der Waals surface area contributed by atoms with E-state index >= 15 is 0 Å². The van der Waals surface area contributed by atoms with E-state index in [1.807, 2.05) is 6.92 Å². The number of nitrogens with one attached hydrogen (secondary N) is 3. The topological polar surface area (TPSA) is 83.1 Å². The van der Waals surface area contributed by atoms with Crippen LogP contribution in [0.5, 0.6) is 0 Å². The summed E-state index contributed by atoms with van der Waals surface area (Å²) in [4.78, 5) is 27.6. The number of halogens is 1. The average Bonchev–Trinajstić information content (AvgIpc) is 2.44. The summed E-state index contributed by atoms with van der Waals surface area (Å²) < 4.78 is 0. The van der Waals surface area contributed by atoms with Crippen LogP contribution in [0.4, 0.5) is 5.82 Å². The van der Waals surface area contributed by atoms with Crippen LogP contribution in [0.3, 0.4) is 0 Å². The summed E-state index contributed by atoms with van der Waals surface area (Å²) in [7, 11) is 1.69. The molecule has 6 nitrogen and oxygen atoms in total. The van der Waals surface area contributed by atoms with Gasteiger partial charge in [0.1, 0.15) is 11.9 Å². The lowest BCUT2D eigenvalue weighted by atomic mass is 10.2. The first kappa shape index (κ1) is 16.2. The van der Waals surface area contributed by atoms with Gasteiger partial charge in [0, 0.05) is 19.8 Å². The van der Waals surface area contributed by atoms with E-state index < -0.39 is 6.04 Å². The van der Waals surface area contributed by atoms with Crippen LogP contribution < -0.4 is 16.0 Å². The van der Waals surface area contributed by atoms with Crippen LogP contribution in [0.25, 0.3) is 0 Å². The Morgan fingerprint density at radius 1 is 1.45 bits per heavy atom. The van der Waals surface area contributed by atoms with Crippen LogP contribution in [0, 0.1) is 0 Å². The van der Waals surface area contributed by atoms with Crippen molar-refractivity contribution in [1.82, 2.24) is 15.6 Å². The molecule has 1 rings (SSSR count). The van der Waals surface area contributed by atoms with Gasteiger partial charge in [-0.05, 0) is 19.4 Å². The van der Waals surface area contributed by atoms with Gasteiger partial charge in [-0.25, -0.2) is 4.98 Å². The van der Waals surface area contributed by atoms with E-state index in [0.717, 1.165) is 6.42 Å². The molecule has 20 heavy (non-hydrogen) atoms. The Balaban J connectivity index is 2.66. The predicted octanol–water partition coefficient (Wildman–Crippen LogP) is 1.42. The Kier molecular flexibility index (Phi) is 6.24. The van der Waals surface area contributed by atoms with Crippen molar-refractivity contribution in [3.8, 4) is 0 Å². The second-order valence-corrected chi connectivity index (χ2v) is 4.70. The number of nitrogens with zero attached hydrogens (tertiary/aromatic N) is 1. The third kappa shape index (κ3) is 4.38. The highest BCUT2D eigenvalue weighted by Gasteiger charge is 2.17. The molecule has 2 amide bonds. The first-order valence-corrected chi connectivity index (χ1v) is 6.79. The van der Waals surface area contributed by atoms with Crippen LogP contribution in [0.1, 0.15) is 30.6 Å². The van der Waals surface area contributed by atoms with E-state index in [-0.39, 0.29) is 11.8 Å². The smallest absolute Gasteiger partial charge is 0.253 e. The van der Waals surface area contributed by atoms with Crippen LogP contribution >= 0.6 is 11.6 Å². The number of anilines is 1. The van der Waals surface area contributed by atoms with Gasteiger partial charge in [-0.15, -0.1) is 0 Å². The minimum absolute atomic E-state index is 0.217. The Bertz CT molecular complexity index is 493. The summed E-state index contributed by atoms with van der Waals surface area (Å²) >= 11 is 5.96. The van der Waals surface area contributed by atoms with Crippen LogP contribution in [-0.4, -0.2) is 36.4 Å². The molecule has 0 aliphatic carbocycles. The number of carbonyl (C=O) groups is 2. The molecule has 7 heteroatoms. The lowest BCUT2D eigenvalue weighted by molar-refractivity contribution is -0.122. The molecule has 0 aliphatic heterocycles. The summed E-state index contributed by atoms with van der Waals surface area (Å²) in [5, 5.41) is 8.47. The van der Waals surface area contributed by atoms with E-state index in [0.29, 0.717) is 22.9 Å². The van der Waals surface area contributed by atoms with Crippen LogP contribution in [0.15, 0.2) is 12.3 Å². The molecule has 0 aromatic carbocycles. The molecule has 0 saturated carbocycles. The highest BCUT2D eigenvalue weighted by atomic mass is 35.5. The molecule has 0 spiro atoms. The van der Waals surface area contributed by atoms with Gasteiger partial charge in [-0.1, -0.05) is 18.5 Å². The molecule has 0 bridgehead atoms. The second-order valence-electron chi connectivity index (χ2n) is 4.29. The highest BCUT2D eigenvalue weighted by Crippen LogP contribution is 2.19. The maximum absolute atomic E-state index is 12.0. The third-order valence-corrected chi connectivity index (χ3v) is 2.92. The molecule has 0 fully saturated rings. The molecule has 0 aliphatic rings. The zero-order valence-electron chi connectivity index (χ0n) is 11.8. The van der Waals surface area contributed by atoms with E-state index in [4.69, 9.17) is 11.6 Å². The van der Waals surface area contributed by atoms with Gasteiger partial charge in [-0.3, -0.25) is 9.59 Å². The highest BCUT2D eigenvalue weighted by molar-refractivity contribution is 6.33. The predicted molar refractivity (Wildman–Crippen MR) is 79.0 cm³/mol. The van der Waals surface area contributed by atoms with Crippen molar-refractivity contribution >= 4 is 29.2 Å². The summed E-state index contributed by atoms with van der Waals surface area (Å²) in [6.45, 7) is 4.17. The van der Waals surface area contributed by atoms with Gasteiger partial charge in [-0.2, -0.15) is 0 Å². The Hall–Kier alpha value is -1.82. The van der Waals surface area contributed by atoms with Gasteiger partial charge in [0.05, 0.1) is 10.6 Å². The fourth-order valence-electron chi connectivity index (χ4n) is 1.49. The van der Waals surface area contributed by atoms with Crippen LogP contribution in [-0.2, 0) is 4.79 Å². The zero-order valence-corrected chi connectivity index (χ0v) is 12.5. The zero-order chi connectivity index (χ0) is 15.1. The quantitative estimate of drug-likeness (QED) is 0.742. The molecule has 1 aromatic heterocycles. The van der Waals surface area contributed by atoms with Crippen molar-refractivity contribution in [1.29, 1.82) is 0 Å². The normalized spacial score (nSPS) is 11.6. The summed E-state index contributed by atoms with van der Waals surface area (Å²) in [6.07, 6.45) is 2.25. The monoisotopic (exact) mass is 298 g/mol. The molecule has 1 heterocycles. The molecular weight excluding hydrogens is 280 g/mol. The van der Waals surface area contributed by atoms with Crippen molar-refractivity contribution in [2.45, 2.75) is 26.3 Å². The lowest BCUT2D eigenvalue weighted by Gasteiger charge is -2.14. The van der Waals surface area contributed by atoms with E-state index in [9.17, 15) is 9.59 Å². The van der Waals surface area contributed by atoms with E-state index in [1.165, 1.54) is 12.3 Å². The first-order chi connectivity index (χ1) is 9.49. The minimum atomic E-state index is -0.614. The van der Waals surface area contributed by atoms with Crippen molar-refractivity contribution in [2.75, 3.05) is 18.9 Å². The van der Waals surface area contributed by atoms with Crippen LogP contribution in [0.2, 0.25) is 5.02 Å². The SMILES string of the molecule is CCCNC(=O)C(C)NC(=O)c1cnc(NC)c(Cl)c1. The second kappa shape index (κ2) is 7.69. The summed E-state index contributed by atoms with van der Waals surface area (Å²) in [6, 6.07) is 0.892. The lowest BCUT2D eigenvalue weighted by Crippen LogP contribution is -2.45. The fraction of sp³-hybridized carbons (Fsp3) is 0.462. The average molecular weight is 299 g/mol. The minimum Gasteiger partial charge on any atom is -0.372 e. The van der Waals surface area contributed by atoms with Gasteiger partial charge >= 0.3 is 0 Å². The van der Waals surface area contributed by atoms with Gasteiger partial charge in [0.25, 0.3) is 5.91 Å². The maximum Gasteiger partial charge on any atom is 0.253 e. The number of amides is 2. The number of hydrogen-bond acceptors (Lipinski definition) is 4. The number of hydrogen-bond donors (Lipinski definition) is 3. The van der Waals surface area contributed by atoms with Gasteiger partial charge < -0.3 is 16.0 Å². The van der Waals surface area contributed by atoms with E-state index in [2.05, 4.69) is 20.9 Å². The van der Waals surface area contributed by atoms with Crippen molar-refractivity contribution in [3.05, 3.63) is 22.8 Å². The van der Waals surface area contributed by atoms with Crippen molar-refractivity contribution < 1.29 is 9.59 Å². The Labute approximate surface area is 123 Å². The molecule has 1 aromatic rings. The van der Waals surface area contributed by atoms with Gasteiger partial charge in [0.15, 0.2) is 0 Å². The Morgan fingerprint density at radius 2 is 2.15 bits per heavy atom. The van der Waals surface area contributed by atoms with Crippen molar-refractivity contribution in [3.63, 3.8) is 0 Å². The largest absolute Gasteiger partial charge is 0.372 e. The number of rotatable bonds is 6. The summed E-state index contributed by atoms with van der Waals surface area (Å²) in [5.41, 5.74) is 0.309. The molecule has 0 radical (unpaired) electrons. The van der Waals surface area contributed by atoms with E-state index in [1.54, 1.807) is 14.0 Å². The fourth-order valence-corrected chi connectivity index (χ4v) is 1.75. The summed E-state index contributed by atoms with van der Waals surface area (Å²) in [5.74, 6) is -0.107. The number of carbonyl (C=O) groups excluding carboxylic acids is 2. The molecule has 0 saturated heterocycles. The standard InChI is InChI=1S/C13H19ClN4O2/c1-4-5-16-12(19)8(2)18-13(20)9-6-10(14)11(15-3)17-7-9/h6-8H,4-5H2,1-3H3,(H,15,17)(H,16,19)(H,18,20). The van der Waals surface area contributed by atoms with Gasteiger partial charge in [0.2, 0.25) is 5.91 Å². The molecule has 3 N–H and O–H groups in total. The molecular formula is C13H19ClN4O2. The number of pyridine rings is 1. The molecule has 110 valence electrons. The first-order valence-electron chi connectivity index (χ1n) is 6.41.